The number of aromatic nitrogens is 3. The van der Waals surface area contributed by atoms with Gasteiger partial charge in [-0.3, -0.25) is 9.59 Å². The lowest BCUT2D eigenvalue weighted by Crippen LogP contribution is -2.58. The smallest absolute Gasteiger partial charge is 0.276 e. The van der Waals surface area contributed by atoms with Gasteiger partial charge in [0.05, 0.1) is 17.6 Å². The van der Waals surface area contributed by atoms with E-state index in [0.717, 1.165) is 17.8 Å². The molecule has 0 atom stereocenters. The molecular formula is C18H23N5O3. The topological polar surface area (TPSA) is 95.3 Å². The lowest BCUT2D eigenvalue weighted by molar-refractivity contribution is -0.141. The van der Waals surface area contributed by atoms with E-state index in [1.54, 1.807) is 18.2 Å². The fraction of sp³-hybridized carbons (Fsp3) is 0.556. The molecule has 138 valence electrons. The van der Waals surface area contributed by atoms with Crippen LogP contribution in [0.4, 0.5) is 0 Å². The lowest BCUT2D eigenvalue weighted by atomic mass is 9.78. The predicted octanol–water partition coefficient (Wildman–Crippen LogP) is 1.63. The van der Waals surface area contributed by atoms with Gasteiger partial charge in [-0.15, -0.1) is 0 Å². The van der Waals surface area contributed by atoms with Crippen molar-refractivity contribution >= 4 is 11.8 Å². The highest BCUT2D eigenvalue weighted by Crippen LogP contribution is 2.42. The third-order valence-electron chi connectivity index (χ3n) is 5.69. The summed E-state index contributed by atoms with van der Waals surface area (Å²) in [6.07, 6.45) is 5.64. The van der Waals surface area contributed by atoms with E-state index in [2.05, 4.69) is 15.0 Å². The Morgan fingerprint density at radius 3 is 2.69 bits per heavy atom. The molecule has 26 heavy (non-hydrogen) atoms. The van der Waals surface area contributed by atoms with Crippen LogP contribution in [-0.2, 0) is 16.8 Å². The van der Waals surface area contributed by atoms with Crippen LogP contribution in [0, 0.1) is 6.92 Å². The molecule has 0 aromatic carbocycles. The molecule has 1 saturated heterocycles. The van der Waals surface area contributed by atoms with E-state index in [4.69, 9.17) is 4.42 Å². The van der Waals surface area contributed by atoms with Crippen molar-refractivity contribution in [2.45, 2.75) is 45.1 Å². The maximum atomic E-state index is 12.7. The van der Waals surface area contributed by atoms with E-state index in [9.17, 15) is 9.59 Å². The van der Waals surface area contributed by atoms with Gasteiger partial charge in [-0.2, -0.15) is 0 Å². The summed E-state index contributed by atoms with van der Waals surface area (Å²) in [5.41, 5.74) is 2.02. The second-order valence-corrected chi connectivity index (χ2v) is 6.96. The molecule has 8 heteroatoms. The minimum atomic E-state index is -0.420. The van der Waals surface area contributed by atoms with Crippen molar-refractivity contribution in [3.63, 3.8) is 0 Å². The van der Waals surface area contributed by atoms with E-state index < -0.39 is 5.54 Å². The van der Waals surface area contributed by atoms with E-state index in [-0.39, 0.29) is 11.8 Å². The molecule has 2 aliphatic rings. The van der Waals surface area contributed by atoms with Crippen molar-refractivity contribution in [2.75, 3.05) is 19.6 Å². The summed E-state index contributed by atoms with van der Waals surface area (Å²) in [7, 11) is 0. The number of nitrogens with zero attached hydrogens (tertiary/aromatic N) is 4. The molecule has 0 bridgehead atoms. The molecule has 8 nitrogen and oxygen atoms in total. The highest BCUT2D eigenvalue weighted by atomic mass is 16.3. The molecule has 2 amide bonds. The van der Waals surface area contributed by atoms with Crippen LogP contribution < -0.4 is 0 Å². The average Bonchev–Trinajstić information content (AvgIpc) is 3.31. The maximum absolute atomic E-state index is 12.7. The van der Waals surface area contributed by atoms with Crippen molar-refractivity contribution in [2.24, 2.45) is 0 Å². The molecule has 0 unspecified atom stereocenters. The zero-order valence-corrected chi connectivity index (χ0v) is 15.1. The van der Waals surface area contributed by atoms with E-state index in [1.165, 1.54) is 6.39 Å². The van der Waals surface area contributed by atoms with Gasteiger partial charge in [0.2, 0.25) is 5.91 Å². The zero-order chi connectivity index (χ0) is 18.3. The maximum Gasteiger partial charge on any atom is 0.276 e. The number of carbonyl (C=O) groups excluding carboxylic acids is 2. The van der Waals surface area contributed by atoms with Gasteiger partial charge >= 0.3 is 0 Å². The number of piperidine rings is 1. The summed E-state index contributed by atoms with van der Waals surface area (Å²) in [4.78, 5) is 40.9. The first-order valence-electron chi connectivity index (χ1n) is 9.09. The number of rotatable bonds is 2. The third-order valence-corrected chi connectivity index (χ3v) is 5.69. The lowest BCUT2D eigenvalue weighted by Gasteiger charge is -2.50. The molecule has 2 aromatic heterocycles. The second-order valence-electron chi connectivity index (χ2n) is 6.96. The second kappa shape index (κ2) is 6.26. The minimum Gasteiger partial charge on any atom is -0.448 e. The van der Waals surface area contributed by atoms with E-state index in [1.807, 2.05) is 11.8 Å². The van der Waals surface area contributed by atoms with Crippen LogP contribution in [0.3, 0.4) is 0 Å². The number of imidazole rings is 1. The Kier molecular flexibility index (Phi) is 4.05. The van der Waals surface area contributed by atoms with Crippen molar-refractivity contribution in [3.8, 4) is 0 Å². The molecule has 0 radical (unpaired) electrons. The van der Waals surface area contributed by atoms with Crippen LogP contribution in [0.1, 0.15) is 53.8 Å². The van der Waals surface area contributed by atoms with Gasteiger partial charge in [0, 0.05) is 38.2 Å². The number of nitrogens with one attached hydrogen (secondary N) is 1. The van der Waals surface area contributed by atoms with Crippen molar-refractivity contribution < 1.29 is 14.0 Å². The van der Waals surface area contributed by atoms with Gasteiger partial charge in [0.1, 0.15) is 5.76 Å². The third kappa shape index (κ3) is 2.43. The van der Waals surface area contributed by atoms with Gasteiger partial charge in [-0.1, -0.05) is 6.92 Å². The molecule has 1 spiro atoms. The van der Waals surface area contributed by atoms with Crippen LogP contribution in [0.5, 0.6) is 0 Å². The Balaban J connectivity index is 1.60. The average molecular weight is 357 g/mol. The Bertz CT molecular complexity index is 832. The van der Waals surface area contributed by atoms with E-state index in [0.29, 0.717) is 50.4 Å². The van der Waals surface area contributed by atoms with Crippen LogP contribution in [-0.4, -0.2) is 56.2 Å². The fourth-order valence-electron chi connectivity index (χ4n) is 4.28. The molecule has 0 saturated carbocycles. The van der Waals surface area contributed by atoms with Crippen molar-refractivity contribution in [1.82, 2.24) is 24.8 Å². The number of hydrogen-bond acceptors (Lipinski definition) is 5. The first-order valence-corrected chi connectivity index (χ1v) is 9.09. The standard InChI is InChI=1S/C18H23N5O3/c1-3-14(24)23-7-4-13-16(20-10-19-13)18(23)5-8-22(9-6-18)17(25)15-12(2)26-11-21-15/h10-11H,3-9H2,1-2H3,(H,19,20). The van der Waals surface area contributed by atoms with E-state index >= 15 is 0 Å². The van der Waals surface area contributed by atoms with Gasteiger partial charge in [-0.25, -0.2) is 9.97 Å². The first-order chi connectivity index (χ1) is 12.6. The number of hydrogen-bond donors (Lipinski definition) is 1. The summed E-state index contributed by atoms with van der Waals surface area (Å²) < 4.78 is 5.16. The molecule has 2 aromatic rings. The van der Waals surface area contributed by atoms with Gasteiger partial charge in [0.25, 0.3) is 5.91 Å². The molecule has 4 heterocycles. The number of oxazole rings is 1. The Hall–Kier alpha value is -2.64. The van der Waals surface area contributed by atoms with Crippen LogP contribution in [0.15, 0.2) is 17.1 Å². The molecule has 2 aliphatic heterocycles. The van der Waals surface area contributed by atoms with Gasteiger partial charge in [-0.05, 0) is 19.8 Å². The highest BCUT2D eigenvalue weighted by molar-refractivity contribution is 5.93. The number of carbonyl (C=O) groups is 2. The predicted molar refractivity (Wildman–Crippen MR) is 92.4 cm³/mol. The Morgan fingerprint density at radius 1 is 1.27 bits per heavy atom. The number of H-pyrrole nitrogens is 1. The Labute approximate surface area is 151 Å². The van der Waals surface area contributed by atoms with Crippen LogP contribution >= 0.6 is 0 Å². The number of amides is 2. The zero-order valence-electron chi connectivity index (χ0n) is 15.1. The van der Waals surface area contributed by atoms with Gasteiger partial charge in [0.15, 0.2) is 12.1 Å². The molecule has 4 rings (SSSR count). The largest absolute Gasteiger partial charge is 0.448 e. The first kappa shape index (κ1) is 16.8. The van der Waals surface area contributed by atoms with Crippen LogP contribution in [0.2, 0.25) is 0 Å². The molecule has 1 fully saturated rings. The summed E-state index contributed by atoms with van der Waals surface area (Å²) in [5, 5.41) is 0. The van der Waals surface area contributed by atoms with Crippen molar-refractivity contribution in [1.29, 1.82) is 0 Å². The summed E-state index contributed by atoms with van der Waals surface area (Å²) >= 11 is 0. The monoisotopic (exact) mass is 357 g/mol. The van der Waals surface area contributed by atoms with Gasteiger partial charge < -0.3 is 19.2 Å². The SMILES string of the molecule is CCC(=O)N1CCc2[nH]cnc2C12CCN(C(=O)c1ncoc1C)CC2. The summed E-state index contributed by atoms with van der Waals surface area (Å²) in [6, 6.07) is 0. The molecular weight excluding hydrogens is 334 g/mol. The fourth-order valence-corrected chi connectivity index (χ4v) is 4.28. The summed E-state index contributed by atoms with van der Waals surface area (Å²) in [6.45, 7) is 5.45. The summed E-state index contributed by atoms with van der Waals surface area (Å²) in [5.74, 6) is 0.564. The minimum absolute atomic E-state index is 0.113. The normalized spacial score (nSPS) is 18.8. The number of fused-ring (bicyclic) bond motifs is 2. The van der Waals surface area contributed by atoms with Crippen molar-refractivity contribution in [3.05, 3.63) is 35.6 Å². The quantitative estimate of drug-likeness (QED) is 0.881. The Morgan fingerprint density at radius 2 is 2.04 bits per heavy atom. The number of aryl methyl sites for hydroxylation is 1. The molecule has 1 N–H and O–H groups in total. The number of aromatic amines is 1. The molecule has 0 aliphatic carbocycles. The van der Waals surface area contributed by atoms with Crippen LogP contribution in [0.25, 0.3) is 0 Å². The number of likely N-dealkylation sites (tertiary alicyclic amines) is 1. The highest BCUT2D eigenvalue weighted by Gasteiger charge is 2.48.